The molecule has 3 rings (SSSR count). The predicted molar refractivity (Wildman–Crippen MR) is 104 cm³/mol. The van der Waals surface area contributed by atoms with Crippen LogP contribution in [0.4, 0.5) is 5.69 Å². The van der Waals surface area contributed by atoms with Crippen molar-refractivity contribution in [3.63, 3.8) is 0 Å². The van der Waals surface area contributed by atoms with Gasteiger partial charge in [0.2, 0.25) is 0 Å². The van der Waals surface area contributed by atoms with E-state index in [1.165, 1.54) is 23.0 Å². The van der Waals surface area contributed by atoms with E-state index in [4.69, 9.17) is 0 Å². The van der Waals surface area contributed by atoms with Gasteiger partial charge in [-0.2, -0.15) is 10.2 Å². The van der Waals surface area contributed by atoms with Crippen LogP contribution in [-0.2, 0) is 0 Å². The second kappa shape index (κ2) is 8.30. The molecule has 0 aliphatic heterocycles. The minimum Gasteiger partial charge on any atom is -0.352 e. The Hall–Kier alpha value is -3.75. The first kappa shape index (κ1) is 19.0. The molecule has 0 aliphatic rings. The monoisotopic (exact) mass is 380 g/mol. The highest BCUT2D eigenvalue weighted by atomic mass is 16.2. The summed E-state index contributed by atoms with van der Waals surface area (Å²) < 4.78 is 1.46. The Morgan fingerprint density at radius 3 is 2.71 bits per heavy atom. The van der Waals surface area contributed by atoms with Crippen LogP contribution in [0, 0.1) is 6.92 Å². The zero-order chi connectivity index (χ0) is 20.1. The highest BCUT2D eigenvalue weighted by molar-refractivity contribution is 6.05. The van der Waals surface area contributed by atoms with Gasteiger partial charge >= 0.3 is 0 Å². The highest BCUT2D eigenvalue weighted by Crippen LogP contribution is 2.16. The van der Waals surface area contributed by atoms with Crippen molar-refractivity contribution in [1.29, 1.82) is 0 Å². The van der Waals surface area contributed by atoms with Crippen molar-refractivity contribution in [2.24, 2.45) is 0 Å². The summed E-state index contributed by atoms with van der Waals surface area (Å²) in [5, 5.41) is 16.0. The summed E-state index contributed by atoms with van der Waals surface area (Å²) in [4.78, 5) is 35.9. The van der Waals surface area contributed by atoms with Gasteiger partial charge in [-0.3, -0.25) is 14.4 Å². The number of anilines is 1. The Labute approximate surface area is 160 Å². The van der Waals surface area contributed by atoms with Gasteiger partial charge in [-0.25, -0.2) is 9.78 Å². The average molecular weight is 380 g/mol. The Bertz CT molecular complexity index is 1050. The number of hydrogen-bond donors (Lipinski definition) is 3. The summed E-state index contributed by atoms with van der Waals surface area (Å²) >= 11 is 0. The second-order valence-corrected chi connectivity index (χ2v) is 6.13. The zero-order valence-electron chi connectivity index (χ0n) is 15.5. The summed E-state index contributed by atoms with van der Waals surface area (Å²) in [5.41, 5.74) is 1.57. The minimum atomic E-state index is -0.362. The van der Waals surface area contributed by atoms with Gasteiger partial charge in [0, 0.05) is 23.9 Å². The largest absolute Gasteiger partial charge is 0.352 e. The van der Waals surface area contributed by atoms with Crippen LogP contribution in [0.3, 0.4) is 0 Å². The topological polar surface area (TPSA) is 122 Å². The van der Waals surface area contributed by atoms with Gasteiger partial charge in [0.05, 0.1) is 17.5 Å². The molecule has 1 aromatic carbocycles. The van der Waals surface area contributed by atoms with Crippen molar-refractivity contribution in [3.05, 3.63) is 69.8 Å². The first-order valence-corrected chi connectivity index (χ1v) is 8.80. The first-order chi connectivity index (χ1) is 13.5. The number of amides is 2. The van der Waals surface area contributed by atoms with Gasteiger partial charge in [0.1, 0.15) is 0 Å². The predicted octanol–water partition coefficient (Wildman–Crippen LogP) is 1.66. The normalized spacial score (nSPS) is 10.5. The van der Waals surface area contributed by atoms with E-state index in [1.54, 1.807) is 31.2 Å². The quantitative estimate of drug-likeness (QED) is 0.600. The van der Waals surface area contributed by atoms with Crippen LogP contribution < -0.4 is 16.2 Å². The van der Waals surface area contributed by atoms with Crippen molar-refractivity contribution in [2.75, 3.05) is 11.9 Å². The van der Waals surface area contributed by atoms with E-state index in [0.29, 0.717) is 34.9 Å². The van der Waals surface area contributed by atoms with E-state index in [1.807, 2.05) is 6.92 Å². The van der Waals surface area contributed by atoms with Gasteiger partial charge in [-0.1, -0.05) is 13.0 Å². The fraction of sp³-hybridized carbons (Fsp3) is 0.211. The van der Waals surface area contributed by atoms with Crippen LogP contribution in [0.1, 0.15) is 39.8 Å². The van der Waals surface area contributed by atoms with E-state index in [9.17, 15) is 14.4 Å². The third-order valence-corrected chi connectivity index (χ3v) is 4.05. The molecule has 144 valence electrons. The molecule has 0 saturated carbocycles. The van der Waals surface area contributed by atoms with Crippen LogP contribution in [0.2, 0.25) is 0 Å². The summed E-state index contributed by atoms with van der Waals surface area (Å²) in [7, 11) is 0. The lowest BCUT2D eigenvalue weighted by molar-refractivity contribution is 0.0952. The molecule has 2 heterocycles. The maximum absolute atomic E-state index is 12.6. The lowest BCUT2D eigenvalue weighted by Gasteiger charge is -2.08. The van der Waals surface area contributed by atoms with Crippen molar-refractivity contribution >= 4 is 17.5 Å². The van der Waals surface area contributed by atoms with E-state index < -0.39 is 0 Å². The molecule has 0 radical (unpaired) electrons. The van der Waals surface area contributed by atoms with E-state index in [0.717, 1.165) is 6.42 Å². The van der Waals surface area contributed by atoms with Crippen LogP contribution >= 0.6 is 0 Å². The lowest BCUT2D eigenvalue weighted by Crippen LogP contribution is -2.24. The molecule has 28 heavy (non-hydrogen) atoms. The number of rotatable bonds is 6. The number of H-pyrrole nitrogens is 1. The molecule has 0 unspecified atom stereocenters. The Morgan fingerprint density at radius 1 is 1.18 bits per heavy atom. The first-order valence-electron chi connectivity index (χ1n) is 8.80. The molecule has 0 fully saturated rings. The molecule has 3 N–H and O–H groups in total. The summed E-state index contributed by atoms with van der Waals surface area (Å²) in [6.45, 7) is 4.29. The molecule has 0 atom stereocenters. The molecule has 0 saturated heterocycles. The molecule has 2 aromatic heterocycles. The third-order valence-electron chi connectivity index (χ3n) is 4.05. The third kappa shape index (κ3) is 4.14. The van der Waals surface area contributed by atoms with Gasteiger partial charge in [-0.15, -0.1) is 0 Å². The van der Waals surface area contributed by atoms with Gasteiger partial charge in [0.15, 0.2) is 5.82 Å². The Morgan fingerprint density at radius 2 is 2.00 bits per heavy atom. The Balaban J connectivity index is 1.78. The summed E-state index contributed by atoms with van der Waals surface area (Å²) in [5.74, 6) is -0.156. The number of aromatic amines is 1. The smallest absolute Gasteiger partial charge is 0.264 e. The van der Waals surface area contributed by atoms with E-state index in [-0.39, 0.29) is 17.4 Å². The molecule has 9 nitrogen and oxygen atoms in total. The number of nitrogens with zero attached hydrogens (tertiary/aromatic N) is 3. The molecule has 0 aliphatic carbocycles. The molecule has 2 amide bonds. The van der Waals surface area contributed by atoms with Crippen molar-refractivity contribution in [1.82, 2.24) is 25.3 Å². The van der Waals surface area contributed by atoms with Crippen LogP contribution in [0.25, 0.3) is 5.82 Å². The van der Waals surface area contributed by atoms with Crippen molar-refractivity contribution in [3.8, 4) is 5.82 Å². The number of hydrogen-bond acceptors (Lipinski definition) is 5. The molecule has 9 heteroatoms. The lowest BCUT2D eigenvalue weighted by atomic mass is 10.1. The maximum atomic E-state index is 12.6. The molecular formula is C19H20N6O3. The van der Waals surface area contributed by atoms with Gasteiger partial charge < -0.3 is 10.6 Å². The fourth-order valence-corrected chi connectivity index (χ4v) is 2.60. The number of benzene rings is 1. The molecule has 3 aromatic rings. The van der Waals surface area contributed by atoms with Crippen molar-refractivity contribution < 1.29 is 9.59 Å². The summed E-state index contributed by atoms with van der Waals surface area (Å²) in [6, 6.07) is 9.56. The molecular weight excluding hydrogens is 360 g/mol. The second-order valence-electron chi connectivity index (χ2n) is 6.13. The van der Waals surface area contributed by atoms with Crippen molar-refractivity contribution in [2.45, 2.75) is 20.3 Å². The average Bonchev–Trinajstić information content (AvgIpc) is 3.08. The van der Waals surface area contributed by atoms with Gasteiger partial charge in [0.25, 0.3) is 17.4 Å². The fourth-order valence-electron chi connectivity index (χ4n) is 2.60. The Kier molecular flexibility index (Phi) is 5.64. The number of carbonyl (C=O) groups is 2. The summed E-state index contributed by atoms with van der Waals surface area (Å²) in [6.07, 6.45) is 2.27. The standard InChI is InChI=1S/C19H20N6O3/c1-3-9-20-18(27)13-5-4-6-14(10-13)22-19(28)15-11-21-25(12(15)2)16-7-8-17(26)24-23-16/h4-8,10-11H,3,9H2,1-2H3,(H,20,27)(H,22,28)(H,24,26). The van der Waals surface area contributed by atoms with Crippen LogP contribution in [-0.4, -0.2) is 38.3 Å². The molecule has 0 spiro atoms. The zero-order valence-corrected chi connectivity index (χ0v) is 15.5. The highest BCUT2D eigenvalue weighted by Gasteiger charge is 2.16. The number of nitrogens with one attached hydrogen (secondary N) is 3. The van der Waals surface area contributed by atoms with Crippen LogP contribution in [0.5, 0.6) is 0 Å². The number of aromatic nitrogens is 4. The SMILES string of the molecule is CCCNC(=O)c1cccc(NC(=O)c2cnn(-c3ccc(=O)[nH]n3)c2C)c1. The van der Waals surface area contributed by atoms with E-state index in [2.05, 4.69) is 25.9 Å². The number of carbonyl (C=O) groups excluding carboxylic acids is 2. The van der Waals surface area contributed by atoms with E-state index >= 15 is 0 Å². The minimum absolute atomic E-state index is 0.189. The maximum Gasteiger partial charge on any atom is 0.264 e. The molecule has 0 bridgehead atoms. The van der Waals surface area contributed by atoms with Crippen LogP contribution in [0.15, 0.2) is 47.4 Å². The van der Waals surface area contributed by atoms with Gasteiger partial charge in [-0.05, 0) is 37.6 Å².